The summed E-state index contributed by atoms with van der Waals surface area (Å²) >= 11 is 6.21. The number of hydrogen-bond acceptors (Lipinski definition) is 6. The molecule has 0 bridgehead atoms. The third kappa shape index (κ3) is 3.95. The van der Waals surface area contributed by atoms with Crippen LogP contribution in [0.5, 0.6) is 0 Å². The van der Waals surface area contributed by atoms with E-state index < -0.39 is 11.7 Å². The Labute approximate surface area is 181 Å². The molecular weight excluding hydrogens is 433 g/mol. The first kappa shape index (κ1) is 20.5. The molecular formula is C20H20ClF3N6O. The minimum absolute atomic E-state index is 0.0334. The van der Waals surface area contributed by atoms with Crippen LogP contribution in [0.15, 0.2) is 30.5 Å². The number of anilines is 1. The normalized spacial score (nSPS) is 20.6. The summed E-state index contributed by atoms with van der Waals surface area (Å²) in [5.74, 6) is 0.656. The molecule has 2 saturated heterocycles. The van der Waals surface area contributed by atoms with Crippen LogP contribution in [0.2, 0.25) is 5.28 Å². The molecule has 0 N–H and O–H groups in total. The first-order valence-corrected chi connectivity index (χ1v) is 10.4. The highest BCUT2D eigenvalue weighted by molar-refractivity contribution is 6.28. The molecule has 0 aliphatic carbocycles. The van der Waals surface area contributed by atoms with Crippen LogP contribution in [-0.2, 0) is 10.9 Å². The Balaban J connectivity index is 1.49. The molecule has 164 valence electrons. The van der Waals surface area contributed by atoms with E-state index in [4.69, 9.17) is 16.3 Å². The van der Waals surface area contributed by atoms with Gasteiger partial charge in [0.25, 0.3) is 0 Å². The van der Waals surface area contributed by atoms with Crippen LogP contribution in [0.25, 0.3) is 16.7 Å². The van der Waals surface area contributed by atoms with Gasteiger partial charge in [0, 0.05) is 32.2 Å². The Bertz CT molecular complexity index is 1100. The van der Waals surface area contributed by atoms with Crippen molar-refractivity contribution in [2.45, 2.75) is 18.6 Å². The summed E-state index contributed by atoms with van der Waals surface area (Å²) < 4.78 is 46.3. The molecule has 31 heavy (non-hydrogen) atoms. The average Bonchev–Trinajstić information content (AvgIpc) is 3.41. The highest BCUT2D eigenvalue weighted by Crippen LogP contribution is 2.33. The highest BCUT2D eigenvalue weighted by atomic mass is 35.5. The lowest BCUT2D eigenvalue weighted by atomic mass is 10.2. The van der Waals surface area contributed by atoms with Gasteiger partial charge in [-0.1, -0.05) is 6.07 Å². The molecule has 2 aliphatic heterocycles. The van der Waals surface area contributed by atoms with Gasteiger partial charge in [0.05, 0.1) is 36.0 Å². The van der Waals surface area contributed by atoms with Crippen molar-refractivity contribution in [1.29, 1.82) is 0 Å². The minimum atomic E-state index is -4.44. The molecule has 1 atom stereocenters. The topological polar surface area (TPSA) is 59.3 Å². The molecule has 0 radical (unpaired) electrons. The number of nitrogens with zero attached hydrogens (tertiary/aromatic N) is 6. The lowest BCUT2D eigenvalue weighted by molar-refractivity contribution is -0.137. The van der Waals surface area contributed by atoms with Crippen LogP contribution >= 0.6 is 11.6 Å². The monoisotopic (exact) mass is 452 g/mol. The predicted molar refractivity (Wildman–Crippen MR) is 110 cm³/mol. The van der Waals surface area contributed by atoms with Crippen molar-refractivity contribution >= 4 is 28.5 Å². The number of ether oxygens (including phenoxy) is 1. The van der Waals surface area contributed by atoms with Gasteiger partial charge in [0.15, 0.2) is 5.65 Å². The van der Waals surface area contributed by atoms with Crippen molar-refractivity contribution in [3.63, 3.8) is 0 Å². The third-order valence-electron chi connectivity index (χ3n) is 5.82. The first-order chi connectivity index (χ1) is 14.9. The van der Waals surface area contributed by atoms with E-state index in [1.807, 2.05) is 0 Å². The molecule has 0 spiro atoms. The second-order valence-corrected chi connectivity index (χ2v) is 8.03. The van der Waals surface area contributed by atoms with Gasteiger partial charge in [-0.2, -0.15) is 28.2 Å². The van der Waals surface area contributed by atoms with Gasteiger partial charge in [-0.25, -0.2) is 4.68 Å². The maximum atomic E-state index is 13.2. The van der Waals surface area contributed by atoms with E-state index in [2.05, 4.69) is 24.9 Å². The molecule has 0 unspecified atom stereocenters. The Hall–Kier alpha value is -2.43. The smallest absolute Gasteiger partial charge is 0.379 e. The van der Waals surface area contributed by atoms with E-state index in [1.54, 1.807) is 12.3 Å². The fourth-order valence-corrected chi connectivity index (χ4v) is 4.45. The van der Waals surface area contributed by atoms with Crippen molar-refractivity contribution in [2.24, 2.45) is 0 Å². The average molecular weight is 453 g/mol. The standard InChI is InChI=1S/C20H20ClF3N6O/c21-19-26-17(29-5-4-15(12-29)28-6-8-31-9-7-28)16-11-25-30(18(16)27-19)14-3-1-2-13(10-14)20(22,23)24/h1-3,10-11,15H,4-9,12H2/t15-/m1/s1. The van der Waals surface area contributed by atoms with Crippen LogP contribution in [0.4, 0.5) is 19.0 Å². The molecule has 3 aromatic rings. The lowest BCUT2D eigenvalue weighted by Crippen LogP contribution is -2.44. The third-order valence-corrected chi connectivity index (χ3v) is 5.99. The number of hydrogen-bond donors (Lipinski definition) is 0. The first-order valence-electron chi connectivity index (χ1n) is 10.1. The Morgan fingerprint density at radius 3 is 2.68 bits per heavy atom. The predicted octanol–water partition coefficient (Wildman–Crippen LogP) is 3.40. The van der Waals surface area contributed by atoms with Gasteiger partial charge in [-0.3, -0.25) is 4.90 Å². The Kier molecular flexibility index (Phi) is 5.23. The van der Waals surface area contributed by atoms with Gasteiger partial charge < -0.3 is 9.64 Å². The van der Waals surface area contributed by atoms with Gasteiger partial charge in [-0.15, -0.1) is 0 Å². The summed E-state index contributed by atoms with van der Waals surface area (Å²) in [5, 5.41) is 5.00. The second-order valence-electron chi connectivity index (χ2n) is 7.69. The molecule has 1 aromatic carbocycles. The van der Waals surface area contributed by atoms with Crippen LogP contribution in [0.3, 0.4) is 0 Å². The van der Waals surface area contributed by atoms with E-state index in [0.29, 0.717) is 22.9 Å². The fourth-order valence-electron chi connectivity index (χ4n) is 4.29. The molecule has 5 rings (SSSR count). The zero-order valence-corrected chi connectivity index (χ0v) is 17.3. The quantitative estimate of drug-likeness (QED) is 0.568. The molecule has 2 aromatic heterocycles. The van der Waals surface area contributed by atoms with Crippen molar-refractivity contribution in [2.75, 3.05) is 44.3 Å². The molecule has 4 heterocycles. The van der Waals surface area contributed by atoms with Gasteiger partial charge in [0.1, 0.15) is 5.82 Å². The van der Waals surface area contributed by atoms with Crippen LogP contribution in [0, 0.1) is 0 Å². The summed E-state index contributed by atoms with van der Waals surface area (Å²) in [6, 6.07) is 5.38. The fraction of sp³-hybridized carbons (Fsp3) is 0.450. The number of benzene rings is 1. The highest BCUT2D eigenvalue weighted by Gasteiger charge is 2.32. The number of morpholine rings is 1. The summed E-state index contributed by atoms with van der Waals surface area (Å²) in [6.45, 7) is 4.89. The molecule has 7 nitrogen and oxygen atoms in total. The molecule has 0 amide bonds. The number of halogens is 4. The zero-order chi connectivity index (χ0) is 21.6. The summed E-state index contributed by atoms with van der Waals surface area (Å²) in [6.07, 6.45) is -1.87. The zero-order valence-electron chi connectivity index (χ0n) is 16.5. The summed E-state index contributed by atoms with van der Waals surface area (Å²) in [5.41, 5.74) is -0.107. The minimum Gasteiger partial charge on any atom is -0.379 e. The SMILES string of the molecule is FC(F)(F)c1cccc(-n2ncc3c(N4CC[C@@H](N5CCOCC5)C4)nc(Cl)nc32)c1. The van der Waals surface area contributed by atoms with Crippen LogP contribution < -0.4 is 4.90 Å². The van der Waals surface area contributed by atoms with Crippen molar-refractivity contribution in [3.05, 3.63) is 41.3 Å². The van der Waals surface area contributed by atoms with E-state index in [1.165, 1.54) is 10.7 Å². The Morgan fingerprint density at radius 1 is 1.10 bits per heavy atom. The maximum Gasteiger partial charge on any atom is 0.416 e. The number of alkyl halides is 3. The molecule has 2 fully saturated rings. The van der Waals surface area contributed by atoms with Gasteiger partial charge >= 0.3 is 6.18 Å². The van der Waals surface area contributed by atoms with Crippen LogP contribution in [-0.4, -0.2) is 70.1 Å². The second kappa shape index (κ2) is 7.92. The van der Waals surface area contributed by atoms with Crippen molar-refractivity contribution in [3.8, 4) is 5.69 Å². The molecule has 0 saturated carbocycles. The lowest BCUT2D eigenvalue weighted by Gasteiger charge is -2.32. The number of rotatable bonds is 3. The van der Waals surface area contributed by atoms with E-state index in [9.17, 15) is 13.2 Å². The molecule has 2 aliphatic rings. The summed E-state index contributed by atoms with van der Waals surface area (Å²) in [4.78, 5) is 13.3. The number of aromatic nitrogens is 4. The van der Waals surface area contributed by atoms with E-state index in [-0.39, 0.29) is 11.0 Å². The van der Waals surface area contributed by atoms with Crippen molar-refractivity contribution < 1.29 is 17.9 Å². The van der Waals surface area contributed by atoms with E-state index >= 15 is 0 Å². The molecule has 11 heteroatoms. The van der Waals surface area contributed by atoms with E-state index in [0.717, 1.165) is 57.9 Å². The summed E-state index contributed by atoms with van der Waals surface area (Å²) in [7, 11) is 0. The van der Waals surface area contributed by atoms with Crippen LogP contribution in [0.1, 0.15) is 12.0 Å². The number of fused-ring (bicyclic) bond motifs is 1. The largest absolute Gasteiger partial charge is 0.416 e. The maximum absolute atomic E-state index is 13.2. The van der Waals surface area contributed by atoms with Gasteiger partial charge in [0.2, 0.25) is 5.28 Å². The Morgan fingerprint density at radius 2 is 1.90 bits per heavy atom. The van der Waals surface area contributed by atoms with Crippen molar-refractivity contribution in [1.82, 2.24) is 24.6 Å². The van der Waals surface area contributed by atoms with Gasteiger partial charge in [-0.05, 0) is 36.2 Å².